The number of fused-ring (bicyclic) bond motifs is 1. The van der Waals surface area contributed by atoms with E-state index in [4.69, 9.17) is 11.6 Å². The predicted octanol–water partition coefficient (Wildman–Crippen LogP) is 1.71. The number of rotatable bonds is 0. The molecule has 1 aliphatic carbocycles. The number of hydrogen-bond donors (Lipinski definition) is 1. The Bertz CT molecular complexity index is 287. The minimum atomic E-state index is -0.324. The Labute approximate surface area is 69.8 Å². The molecule has 0 spiro atoms. The van der Waals surface area contributed by atoms with Crippen LogP contribution in [0.25, 0.3) is 0 Å². The van der Waals surface area contributed by atoms with Crippen molar-refractivity contribution in [3.63, 3.8) is 0 Å². The van der Waals surface area contributed by atoms with Crippen LogP contribution >= 0.6 is 11.6 Å². The van der Waals surface area contributed by atoms with Gasteiger partial charge in [0.15, 0.2) is 0 Å². The minimum absolute atomic E-state index is 0.324. The van der Waals surface area contributed by atoms with Gasteiger partial charge >= 0.3 is 0 Å². The number of hydrogen-bond acceptors (Lipinski definition) is 2. The van der Waals surface area contributed by atoms with Gasteiger partial charge in [0.2, 0.25) is 0 Å². The molecule has 58 valence electrons. The van der Waals surface area contributed by atoms with Gasteiger partial charge in [-0.2, -0.15) is 0 Å². The zero-order chi connectivity index (χ0) is 7.84. The number of pyridine rings is 1. The fourth-order valence-electron chi connectivity index (χ4n) is 1.42. The fraction of sp³-hybridized carbons (Fsp3) is 0.375. The van der Waals surface area contributed by atoms with E-state index in [0.717, 1.165) is 24.1 Å². The highest BCUT2D eigenvalue weighted by Crippen LogP contribution is 2.30. The van der Waals surface area contributed by atoms with Crippen molar-refractivity contribution in [3.8, 4) is 0 Å². The lowest BCUT2D eigenvalue weighted by atomic mass is 10.2. The summed E-state index contributed by atoms with van der Waals surface area (Å²) in [6, 6.07) is 3.57. The third-order valence-electron chi connectivity index (χ3n) is 1.99. The molecule has 2 nitrogen and oxygen atoms in total. The van der Waals surface area contributed by atoms with Gasteiger partial charge in [0, 0.05) is 11.3 Å². The van der Waals surface area contributed by atoms with Gasteiger partial charge in [0.05, 0.1) is 6.10 Å². The molecule has 0 unspecified atom stereocenters. The van der Waals surface area contributed by atoms with Gasteiger partial charge in [0.25, 0.3) is 0 Å². The molecule has 11 heavy (non-hydrogen) atoms. The number of aromatic nitrogens is 1. The second-order valence-corrected chi connectivity index (χ2v) is 3.11. The lowest BCUT2D eigenvalue weighted by molar-refractivity contribution is 0.180. The Morgan fingerprint density at radius 2 is 2.36 bits per heavy atom. The van der Waals surface area contributed by atoms with E-state index < -0.39 is 0 Å². The van der Waals surface area contributed by atoms with Gasteiger partial charge in [-0.05, 0) is 18.9 Å². The molecule has 0 saturated heterocycles. The molecule has 0 saturated carbocycles. The maximum Gasteiger partial charge on any atom is 0.129 e. The SMILES string of the molecule is O[C@H]1CCc2nc(Cl)ccc21. The van der Waals surface area contributed by atoms with Crippen LogP contribution in [0.2, 0.25) is 5.15 Å². The molecule has 0 fully saturated rings. The predicted molar refractivity (Wildman–Crippen MR) is 42.5 cm³/mol. The molecule has 0 aliphatic heterocycles. The summed E-state index contributed by atoms with van der Waals surface area (Å²) in [7, 11) is 0. The first-order chi connectivity index (χ1) is 5.27. The van der Waals surface area contributed by atoms with Crippen LogP contribution in [0.15, 0.2) is 12.1 Å². The van der Waals surface area contributed by atoms with Crippen molar-refractivity contribution in [2.24, 2.45) is 0 Å². The van der Waals surface area contributed by atoms with Crippen LogP contribution in [0.5, 0.6) is 0 Å². The maximum atomic E-state index is 9.39. The van der Waals surface area contributed by atoms with E-state index in [0.29, 0.717) is 5.15 Å². The van der Waals surface area contributed by atoms with Crippen LogP contribution in [0.1, 0.15) is 23.8 Å². The summed E-state index contributed by atoms with van der Waals surface area (Å²) in [6.07, 6.45) is 1.30. The first-order valence-corrected chi connectivity index (χ1v) is 3.98. The van der Waals surface area contributed by atoms with Crippen molar-refractivity contribution in [2.75, 3.05) is 0 Å². The van der Waals surface area contributed by atoms with Gasteiger partial charge in [-0.25, -0.2) is 4.98 Å². The summed E-state index contributed by atoms with van der Waals surface area (Å²) in [5.41, 5.74) is 1.89. The summed E-state index contributed by atoms with van der Waals surface area (Å²) in [6.45, 7) is 0. The average molecular weight is 170 g/mol. The molecular weight excluding hydrogens is 162 g/mol. The molecule has 2 rings (SSSR count). The third-order valence-corrected chi connectivity index (χ3v) is 2.20. The lowest BCUT2D eigenvalue weighted by Crippen LogP contribution is -1.91. The molecular formula is C8H8ClNO. The van der Waals surface area contributed by atoms with E-state index >= 15 is 0 Å². The van der Waals surface area contributed by atoms with Gasteiger partial charge in [-0.3, -0.25) is 0 Å². The number of aliphatic hydroxyl groups is 1. The van der Waals surface area contributed by atoms with Crippen LogP contribution in [0, 0.1) is 0 Å². The molecule has 1 aromatic rings. The maximum absolute atomic E-state index is 9.39. The molecule has 1 N–H and O–H groups in total. The van der Waals surface area contributed by atoms with Crippen molar-refractivity contribution >= 4 is 11.6 Å². The Morgan fingerprint density at radius 1 is 1.55 bits per heavy atom. The van der Waals surface area contributed by atoms with Gasteiger partial charge in [-0.15, -0.1) is 0 Å². The quantitative estimate of drug-likeness (QED) is 0.600. The van der Waals surface area contributed by atoms with E-state index in [1.165, 1.54) is 0 Å². The van der Waals surface area contributed by atoms with Crippen molar-refractivity contribution in [3.05, 3.63) is 28.5 Å². The molecule has 0 radical (unpaired) electrons. The zero-order valence-electron chi connectivity index (χ0n) is 5.92. The summed E-state index contributed by atoms with van der Waals surface area (Å²) >= 11 is 5.68. The Morgan fingerprint density at radius 3 is 3.18 bits per heavy atom. The molecule has 1 aliphatic rings. The fourth-order valence-corrected chi connectivity index (χ4v) is 1.58. The standard InChI is InChI=1S/C8H8ClNO/c9-8-4-1-5-6(10-8)2-3-7(5)11/h1,4,7,11H,2-3H2/t7-/m0/s1. The van der Waals surface area contributed by atoms with E-state index in [9.17, 15) is 5.11 Å². The highest BCUT2D eigenvalue weighted by Gasteiger charge is 2.20. The minimum Gasteiger partial charge on any atom is -0.388 e. The Hall–Kier alpha value is -0.600. The first-order valence-electron chi connectivity index (χ1n) is 3.61. The molecule has 1 aromatic heterocycles. The highest BCUT2D eigenvalue weighted by atomic mass is 35.5. The lowest BCUT2D eigenvalue weighted by Gasteiger charge is -2.01. The smallest absolute Gasteiger partial charge is 0.129 e. The van der Waals surface area contributed by atoms with E-state index in [1.807, 2.05) is 6.07 Å². The third kappa shape index (κ3) is 1.12. The van der Waals surface area contributed by atoms with Crippen molar-refractivity contribution in [2.45, 2.75) is 18.9 Å². The molecule has 1 heterocycles. The van der Waals surface area contributed by atoms with Crippen LogP contribution in [0.3, 0.4) is 0 Å². The number of aryl methyl sites for hydroxylation is 1. The Balaban J connectivity index is 2.50. The van der Waals surface area contributed by atoms with Crippen LogP contribution < -0.4 is 0 Å². The first kappa shape index (κ1) is 7.07. The van der Waals surface area contributed by atoms with Crippen molar-refractivity contribution in [1.29, 1.82) is 0 Å². The van der Waals surface area contributed by atoms with E-state index in [2.05, 4.69) is 4.98 Å². The van der Waals surface area contributed by atoms with Crippen molar-refractivity contribution in [1.82, 2.24) is 4.98 Å². The van der Waals surface area contributed by atoms with Crippen molar-refractivity contribution < 1.29 is 5.11 Å². The summed E-state index contributed by atoms with van der Waals surface area (Å²) in [5.74, 6) is 0. The van der Waals surface area contributed by atoms with E-state index in [-0.39, 0.29) is 6.10 Å². The Kier molecular flexibility index (Phi) is 1.59. The number of halogens is 1. The van der Waals surface area contributed by atoms with Crippen LogP contribution in [0.4, 0.5) is 0 Å². The van der Waals surface area contributed by atoms with Gasteiger partial charge in [0.1, 0.15) is 5.15 Å². The molecule has 0 aromatic carbocycles. The van der Waals surface area contributed by atoms with Crippen LogP contribution in [-0.2, 0) is 6.42 Å². The van der Waals surface area contributed by atoms with E-state index in [1.54, 1.807) is 6.07 Å². The topological polar surface area (TPSA) is 33.1 Å². The summed E-state index contributed by atoms with van der Waals surface area (Å²) in [5, 5.41) is 9.90. The normalized spacial score (nSPS) is 21.8. The average Bonchev–Trinajstić information content (AvgIpc) is 2.32. The highest BCUT2D eigenvalue weighted by molar-refractivity contribution is 6.29. The second-order valence-electron chi connectivity index (χ2n) is 2.72. The monoisotopic (exact) mass is 169 g/mol. The van der Waals surface area contributed by atoms with Gasteiger partial charge in [-0.1, -0.05) is 17.7 Å². The summed E-state index contributed by atoms with van der Waals surface area (Å²) < 4.78 is 0. The second kappa shape index (κ2) is 2.47. The molecule has 0 bridgehead atoms. The zero-order valence-corrected chi connectivity index (χ0v) is 6.67. The molecule has 1 atom stereocenters. The van der Waals surface area contributed by atoms with Gasteiger partial charge < -0.3 is 5.11 Å². The molecule has 0 amide bonds. The molecule has 3 heteroatoms. The number of aliphatic hydroxyl groups excluding tert-OH is 1. The van der Waals surface area contributed by atoms with Crippen LogP contribution in [-0.4, -0.2) is 10.1 Å². The largest absolute Gasteiger partial charge is 0.388 e. The summed E-state index contributed by atoms with van der Waals surface area (Å²) in [4.78, 5) is 4.11. The number of nitrogens with zero attached hydrogens (tertiary/aromatic N) is 1.